The highest BCUT2D eigenvalue weighted by molar-refractivity contribution is 5.90. The summed E-state index contributed by atoms with van der Waals surface area (Å²) in [6, 6.07) is 9.44. The summed E-state index contributed by atoms with van der Waals surface area (Å²) in [5.74, 6) is 0.321. The van der Waals surface area contributed by atoms with Crippen LogP contribution in [0.15, 0.2) is 41.3 Å². The Morgan fingerprint density at radius 1 is 1.36 bits per heavy atom. The van der Waals surface area contributed by atoms with Gasteiger partial charge in [0, 0.05) is 38.3 Å². The van der Waals surface area contributed by atoms with Crippen LogP contribution in [0.4, 0.5) is 11.4 Å². The number of rotatable bonds is 4. The number of hydrogen-bond acceptors (Lipinski definition) is 4. The molecule has 1 aliphatic rings. The smallest absolute Gasteiger partial charge is 0.268 e. The minimum Gasteiger partial charge on any atom is -0.370 e. The van der Waals surface area contributed by atoms with Gasteiger partial charge in [0.25, 0.3) is 5.56 Å². The van der Waals surface area contributed by atoms with Gasteiger partial charge in [-0.3, -0.25) is 9.59 Å². The largest absolute Gasteiger partial charge is 0.370 e. The fourth-order valence-electron chi connectivity index (χ4n) is 3.30. The summed E-state index contributed by atoms with van der Waals surface area (Å²) >= 11 is 0. The Kier molecular flexibility index (Phi) is 5.16. The fraction of sp³-hybridized carbons (Fsp3) is 0.421. The second kappa shape index (κ2) is 7.51. The van der Waals surface area contributed by atoms with Crippen molar-refractivity contribution >= 4 is 17.3 Å². The zero-order valence-corrected chi connectivity index (χ0v) is 14.7. The first-order chi connectivity index (χ1) is 12.0. The molecule has 1 aromatic carbocycles. The molecule has 132 valence electrons. The van der Waals surface area contributed by atoms with Crippen LogP contribution in [0.2, 0.25) is 0 Å². The predicted molar refractivity (Wildman–Crippen MR) is 98.8 cm³/mol. The number of piperidine rings is 1. The summed E-state index contributed by atoms with van der Waals surface area (Å²) in [6.45, 7) is 3.67. The number of amides is 1. The molecular weight excluding hydrogens is 316 g/mol. The average Bonchev–Trinajstić information content (AvgIpc) is 2.57. The molecule has 6 nitrogen and oxygen atoms in total. The molecule has 1 aliphatic heterocycles. The topological polar surface area (TPSA) is 67.2 Å². The molecule has 1 saturated heterocycles. The quantitative estimate of drug-likeness (QED) is 0.928. The van der Waals surface area contributed by atoms with Crippen molar-refractivity contribution in [3.63, 3.8) is 0 Å². The summed E-state index contributed by atoms with van der Waals surface area (Å²) in [4.78, 5) is 26.3. The van der Waals surface area contributed by atoms with Crippen molar-refractivity contribution < 1.29 is 4.79 Å². The predicted octanol–water partition coefficient (Wildman–Crippen LogP) is 2.33. The lowest BCUT2D eigenvalue weighted by molar-refractivity contribution is -0.117. The molecule has 0 spiro atoms. The molecule has 0 aliphatic carbocycles. The third kappa shape index (κ3) is 4.47. The third-order valence-corrected chi connectivity index (χ3v) is 4.61. The molecule has 3 rings (SSSR count). The Morgan fingerprint density at radius 3 is 2.96 bits per heavy atom. The first kappa shape index (κ1) is 17.2. The number of anilines is 2. The van der Waals surface area contributed by atoms with Crippen molar-refractivity contribution in [2.45, 2.75) is 26.2 Å². The molecule has 0 radical (unpaired) electrons. The van der Waals surface area contributed by atoms with Crippen molar-refractivity contribution in [3.05, 3.63) is 52.4 Å². The Bertz CT molecular complexity index is 815. The van der Waals surface area contributed by atoms with Crippen molar-refractivity contribution in [1.29, 1.82) is 0 Å². The second-order valence-corrected chi connectivity index (χ2v) is 6.75. The van der Waals surface area contributed by atoms with Gasteiger partial charge in [0.15, 0.2) is 0 Å². The molecule has 0 saturated carbocycles. The van der Waals surface area contributed by atoms with Crippen LogP contribution in [0.25, 0.3) is 0 Å². The maximum atomic E-state index is 12.3. The van der Waals surface area contributed by atoms with E-state index in [9.17, 15) is 9.59 Å². The van der Waals surface area contributed by atoms with Gasteiger partial charge in [0.1, 0.15) is 0 Å². The Labute approximate surface area is 147 Å². The number of benzene rings is 1. The Balaban J connectivity index is 1.60. The molecule has 6 heteroatoms. The number of nitrogens with one attached hydrogen (secondary N) is 1. The zero-order valence-electron chi connectivity index (χ0n) is 14.7. The molecule has 1 fully saturated rings. The minimum absolute atomic E-state index is 0.0413. The van der Waals surface area contributed by atoms with E-state index in [2.05, 4.69) is 15.3 Å². The summed E-state index contributed by atoms with van der Waals surface area (Å²) in [5.41, 5.74) is 2.69. The lowest BCUT2D eigenvalue weighted by Crippen LogP contribution is -2.37. The van der Waals surface area contributed by atoms with Gasteiger partial charge in [-0.25, -0.2) is 4.68 Å². The van der Waals surface area contributed by atoms with E-state index in [0.717, 1.165) is 42.9 Å². The maximum absolute atomic E-state index is 12.3. The van der Waals surface area contributed by atoms with Gasteiger partial charge in [0.2, 0.25) is 5.91 Å². The molecule has 1 amide bonds. The van der Waals surface area contributed by atoms with Gasteiger partial charge >= 0.3 is 0 Å². The van der Waals surface area contributed by atoms with Gasteiger partial charge in [0.05, 0.1) is 11.9 Å². The molecule has 2 aromatic rings. The summed E-state index contributed by atoms with van der Waals surface area (Å²) in [7, 11) is 1.64. The van der Waals surface area contributed by atoms with Crippen molar-refractivity contribution in [3.8, 4) is 0 Å². The second-order valence-electron chi connectivity index (χ2n) is 6.75. The van der Waals surface area contributed by atoms with Crippen LogP contribution in [-0.2, 0) is 11.8 Å². The van der Waals surface area contributed by atoms with Gasteiger partial charge in [-0.1, -0.05) is 12.1 Å². The van der Waals surface area contributed by atoms with Crippen molar-refractivity contribution in [1.82, 2.24) is 9.78 Å². The summed E-state index contributed by atoms with van der Waals surface area (Å²) in [5, 5.41) is 7.07. The van der Waals surface area contributed by atoms with Crippen LogP contribution in [0, 0.1) is 12.8 Å². The van der Waals surface area contributed by atoms with Gasteiger partial charge < -0.3 is 10.2 Å². The number of carbonyl (C=O) groups is 1. The van der Waals surface area contributed by atoms with E-state index in [1.54, 1.807) is 19.3 Å². The van der Waals surface area contributed by atoms with E-state index in [0.29, 0.717) is 6.42 Å². The van der Waals surface area contributed by atoms with Crippen LogP contribution in [0.5, 0.6) is 0 Å². The number of aromatic nitrogens is 2. The molecule has 1 atom stereocenters. The normalized spacial score (nSPS) is 17.4. The minimum atomic E-state index is -0.114. The van der Waals surface area contributed by atoms with Crippen LogP contribution >= 0.6 is 0 Å². The van der Waals surface area contributed by atoms with E-state index >= 15 is 0 Å². The molecule has 2 heterocycles. The number of carbonyl (C=O) groups excluding carboxylic acids is 1. The molecule has 25 heavy (non-hydrogen) atoms. The van der Waals surface area contributed by atoms with Gasteiger partial charge in [-0.15, -0.1) is 0 Å². The molecule has 1 unspecified atom stereocenters. The van der Waals surface area contributed by atoms with Gasteiger partial charge in [-0.2, -0.15) is 5.10 Å². The Hall–Kier alpha value is -2.63. The molecule has 1 N–H and O–H groups in total. The monoisotopic (exact) mass is 340 g/mol. The highest BCUT2D eigenvalue weighted by Crippen LogP contribution is 2.24. The lowest BCUT2D eigenvalue weighted by atomic mass is 9.94. The van der Waals surface area contributed by atoms with Gasteiger partial charge in [-0.05, 0) is 43.4 Å². The number of aryl methyl sites for hydroxylation is 2. The molecule has 1 aromatic heterocycles. The number of nitrogens with zero attached hydrogens (tertiary/aromatic N) is 3. The van der Waals surface area contributed by atoms with Crippen LogP contribution in [-0.4, -0.2) is 28.8 Å². The van der Waals surface area contributed by atoms with E-state index in [1.165, 1.54) is 4.68 Å². The third-order valence-electron chi connectivity index (χ3n) is 4.61. The van der Waals surface area contributed by atoms with Crippen LogP contribution in [0.3, 0.4) is 0 Å². The highest BCUT2D eigenvalue weighted by Gasteiger charge is 2.23. The first-order valence-corrected chi connectivity index (χ1v) is 8.66. The zero-order chi connectivity index (χ0) is 17.8. The Morgan fingerprint density at radius 2 is 2.20 bits per heavy atom. The highest BCUT2D eigenvalue weighted by atomic mass is 16.1. The van der Waals surface area contributed by atoms with Crippen LogP contribution < -0.4 is 15.8 Å². The SMILES string of the molecule is Cc1cccc(NC(=O)CC2CCCN(c3cnn(C)c(=O)c3)C2)c1. The number of hydrogen-bond donors (Lipinski definition) is 1. The summed E-state index contributed by atoms with van der Waals surface area (Å²) in [6.07, 6.45) is 4.24. The van der Waals surface area contributed by atoms with Crippen molar-refractivity contribution in [2.75, 3.05) is 23.3 Å². The van der Waals surface area contributed by atoms with E-state index < -0.39 is 0 Å². The van der Waals surface area contributed by atoms with Crippen LogP contribution in [0.1, 0.15) is 24.8 Å². The fourth-order valence-corrected chi connectivity index (χ4v) is 3.30. The standard InChI is InChI=1S/C19H24N4O2/c1-14-5-3-7-16(9-14)21-18(24)10-15-6-4-8-23(13-15)17-11-19(25)22(2)20-12-17/h3,5,7,9,11-12,15H,4,6,8,10,13H2,1-2H3,(H,21,24). The van der Waals surface area contributed by atoms with E-state index in [-0.39, 0.29) is 17.4 Å². The van der Waals surface area contributed by atoms with E-state index in [4.69, 9.17) is 0 Å². The maximum Gasteiger partial charge on any atom is 0.268 e. The average molecular weight is 340 g/mol. The van der Waals surface area contributed by atoms with E-state index in [1.807, 2.05) is 31.2 Å². The summed E-state index contributed by atoms with van der Waals surface area (Å²) < 4.78 is 1.32. The lowest BCUT2D eigenvalue weighted by Gasteiger charge is -2.33. The molecule has 0 bridgehead atoms. The first-order valence-electron chi connectivity index (χ1n) is 8.66. The van der Waals surface area contributed by atoms with Crippen molar-refractivity contribution in [2.24, 2.45) is 13.0 Å². The molecular formula is C19H24N4O2.